The van der Waals surface area contributed by atoms with Gasteiger partial charge in [0.1, 0.15) is 11.9 Å². The van der Waals surface area contributed by atoms with Crippen LogP contribution in [-0.2, 0) is 14.8 Å². The third kappa shape index (κ3) is 6.63. The number of amides is 2. The molecule has 1 saturated heterocycles. The Morgan fingerprint density at radius 3 is 2.36 bits per heavy atom. The number of carbonyl (C=O) groups excluding carboxylic acids is 2. The number of halogens is 1. The number of nitrogens with one attached hydrogen (secondary N) is 2. The fourth-order valence-corrected chi connectivity index (χ4v) is 6.03. The SMILES string of the molecule is CS(=O)(=O)N1CCN(C(=O)[C@H](CCN[C@@H]2C[C@H]2c2ccc(F)cc2)NC(=O)c2ccc3ccccc3c2)CC1. The Balaban J connectivity index is 1.24. The van der Waals surface area contributed by atoms with Crippen molar-refractivity contribution in [3.8, 4) is 0 Å². The second-order valence-electron chi connectivity index (χ2n) is 10.3. The number of hydrogen-bond donors (Lipinski definition) is 2. The van der Waals surface area contributed by atoms with Gasteiger partial charge in [-0.2, -0.15) is 4.31 Å². The fourth-order valence-electron chi connectivity index (χ4n) is 5.20. The molecule has 2 N–H and O–H groups in total. The van der Waals surface area contributed by atoms with Gasteiger partial charge in [0.25, 0.3) is 5.91 Å². The lowest BCUT2D eigenvalue weighted by molar-refractivity contribution is -0.134. The number of benzene rings is 3. The highest BCUT2D eigenvalue weighted by Crippen LogP contribution is 2.40. The molecule has 0 radical (unpaired) electrons. The molecule has 2 amide bonds. The maximum atomic E-state index is 13.5. The molecule has 1 aliphatic heterocycles. The van der Waals surface area contributed by atoms with E-state index in [-0.39, 0.29) is 49.9 Å². The molecule has 10 heteroatoms. The van der Waals surface area contributed by atoms with E-state index in [1.54, 1.807) is 23.1 Å². The van der Waals surface area contributed by atoms with Crippen LogP contribution in [0.15, 0.2) is 66.7 Å². The highest BCUT2D eigenvalue weighted by molar-refractivity contribution is 7.88. The first-order valence-electron chi connectivity index (χ1n) is 13.2. The Bertz CT molecular complexity index is 1460. The molecule has 0 bridgehead atoms. The highest BCUT2D eigenvalue weighted by Gasteiger charge is 2.38. The van der Waals surface area contributed by atoms with Crippen LogP contribution in [0.3, 0.4) is 0 Å². The minimum absolute atomic E-state index is 0.218. The topological polar surface area (TPSA) is 98.8 Å². The average molecular weight is 553 g/mol. The average Bonchev–Trinajstić information content (AvgIpc) is 3.71. The van der Waals surface area contributed by atoms with Gasteiger partial charge in [-0.25, -0.2) is 12.8 Å². The largest absolute Gasteiger partial charge is 0.340 e. The van der Waals surface area contributed by atoms with E-state index in [1.165, 1.54) is 22.7 Å². The van der Waals surface area contributed by atoms with Crippen LogP contribution in [-0.4, -0.2) is 80.5 Å². The predicted octanol–water partition coefficient (Wildman–Crippen LogP) is 2.72. The third-order valence-corrected chi connectivity index (χ3v) is 8.87. The summed E-state index contributed by atoms with van der Waals surface area (Å²) in [6, 6.07) is 19.2. The van der Waals surface area contributed by atoms with Crippen LogP contribution >= 0.6 is 0 Å². The molecule has 3 aromatic carbocycles. The van der Waals surface area contributed by atoms with Crippen LogP contribution in [0.5, 0.6) is 0 Å². The molecule has 1 heterocycles. The van der Waals surface area contributed by atoms with Crippen LogP contribution in [0.2, 0.25) is 0 Å². The number of piperazine rings is 1. The summed E-state index contributed by atoms with van der Waals surface area (Å²) < 4.78 is 38.4. The van der Waals surface area contributed by atoms with Crippen LogP contribution in [0.1, 0.15) is 34.7 Å². The van der Waals surface area contributed by atoms with Gasteiger partial charge in [-0.3, -0.25) is 9.59 Å². The maximum Gasteiger partial charge on any atom is 0.251 e. The van der Waals surface area contributed by atoms with Crippen LogP contribution in [0.25, 0.3) is 10.8 Å². The second-order valence-corrected chi connectivity index (χ2v) is 12.3. The second kappa shape index (κ2) is 11.4. The van der Waals surface area contributed by atoms with Gasteiger partial charge in [-0.15, -0.1) is 0 Å². The van der Waals surface area contributed by atoms with Crippen molar-refractivity contribution in [2.75, 3.05) is 39.0 Å². The zero-order valence-electron chi connectivity index (χ0n) is 21.8. The van der Waals surface area contributed by atoms with Gasteiger partial charge in [0, 0.05) is 43.7 Å². The summed E-state index contributed by atoms with van der Waals surface area (Å²) in [7, 11) is -3.32. The first-order valence-corrected chi connectivity index (χ1v) is 15.1. The van der Waals surface area contributed by atoms with E-state index >= 15 is 0 Å². The molecule has 1 aliphatic carbocycles. The van der Waals surface area contributed by atoms with Gasteiger partial charge in [0.05, 0.1) is 6.26 Å². The summed E-state index contributed by atoms with van der Waals surface area (Å²) in [5.74, 6) is -0.504. The highest BCUT2D eigenvalue weighted by atomic mass is 32.2. The van der Waals surface area contributed by atoms with E-state index in [4.69, 9.17) is 0 Å². The van der Waals surface area contributed by atoms with Crippen molar-refractivity contribution in [1.29, 1.82) is 0 Å². The smallest absolute Gasteiger partial charge is 0.251 e. The Kier molecular flexibility index (Phi) is 7.97. The molecule has 39 heavy (non-hydrogen) atoms. The van der Waals surface area contributed by atoms with Crippen molar-refractivity contribution in [2.24, 2.45) is 0 Å². The quantitative estimate of drug-likeness (QED) is 0.426. The van der Waals surface area contributed by atoms with Crippen molar-refractivity contribution >= 4 is 32.6 Å². The van der Waals surface area contributed by atoms with Crippen LogP contribution < -0.4 is 10.6 Å². The fraction of sp³-hybridized carbons (Fsp3) is 0.379. The van der Waals surface area contributed by atoms with E-state index in [2.05, 4.69) is 10.6 Å². The monoisotopic (exact) mass is 552 g/mol. The van der Waals surface area contributed by atoms with Crippen molar-refractivity contribution in [3.05, 3.63) is 83.7 Å². The summed E-state index contributed by atoms with van der Waals surface area (Å²) >= 11 is 0. The first-order chi connectivity index (χ1) is 18.7. The molecule has 0 spiro atoms. The van der Waals surface area contributed by atoms with Gasteiger partial charge in [0.15, 0.2) is 0 Å². The Hall–Kier alpha value is -3.34. The molecule has 2 fully saturated rings. The Morgan fingerprint density at radius 2 is 1.67 bits per heavy atom. The van der Waals surface area contributed by atoms with Gasteiger partial charge < -0.3 is 15.5 Å². The first kappa shape index (κ1) is 27.2. The molecule has 5 rings (SSSR count). The normalized spacial score (nSPS) is 20.5. The molecule has 1 saturated carbocycles. The number of hydrogen-bond acceptors (Lipinski definition) is 5. The van der Waals surface area contributed by atoms with Gasteiger partial charge in [0.2, 0.25) is 15.9 Å². The van der Waals surface area contributed by atoms with Crippen molar-refractivity contribution in [3.63, 3.8) is 0 Å². The maximum absolute atomic E-state index is 13.5. The molecule has 8 nitrogen and oxygen atoms in total. The van der Waals surface area contributed by atoms with Crippen LogP contribution in [0.4, 0.5) is 4.39 Å². The van der Waals surface area contributed by atoms with Gasteiger partial charge in [-0.05, 0) is 60.0 Å². The van der Waals surface area contributed by atoms with E-state index in [0.717, 1.165) is 22.8 Å². The summed E-state index contributed by atoms with van der Waals surface area (Å²) in [5, 5.41) is 8.37. The lowest BCUT2D eigenvalue weighted by Gasteiger charge is -2.35. The minimum Gasteiger partial charge on any atom is -0.340 e. The summed E-state index contributed by atoms with van der Waals surface area (Å²) in [4.78, 5) is 28.4. The summed E-state index contributed by atoms with van der Waals surface area (Å²) in [6.45, 7) is 1.53. The number of rotatable bonds is 9. The van der Waals surface area contributed by atoms with Crippen molar-refractivity contribution in [2.45, 2.75) is 30.8 Å². The molecule has 3 aromatic rings. The van der Waals surface area contributed by atoms with E-state index < -0.39 is 16.1 Å². The number of nitrogens with zero attached hydrogens (tertiary/aromatic N) is 2. The minimum atomic E-state index is -3.32. The molecule has 2 aliphatic rings. The van der Waals surface area contributed by atoms with Crippen LogP contribution in [0, 0.1) is 5.82 Å². The Morgan fingerprint density at radius 1 is 0.974 bits per heavy atom. The number of sulfonamides is 1. The van der Waals surface area contributed by atoms with E-state index in [0.29, 0.717) is 24.4 Å². The number of fused-ring (bicyclic) bond motifs is 1. The molecular formula is C29H33FN4O4S. The van der Waals surface area contributed by atoms with Gasteiger partial charge >= 0.3 is 0 Å². The molecule has 3 atom stereocenters. The summed E-state index contributed by atoms with van der Waals surface area (Å²) in [6.07, 6.45) is 2.48. The molecular weight excluding hydrogens is 519 g/mol. The van der Waals surface area contributed by atoms with Gasteiger partial charge in [-0.1, -0.05) is 42.5 Å². The zero-order chi connectivity index (χ0) is 27.6. The van der Waals surface area contributed by atoms with E-state index in [1.807, 2.05) is 36.4 Å². The predicted molar refractivity (Wildman–Crippen MR) is 148 cm³/mol. The van der Waals surface area contributed by atoms with Crippen molar-refractivity contribution < 1.29 is 22.4 Å². The Labute approximate surface area is 228 Å². The van der Waals surface area contributed by atoms with Crippen molar-refractivity contribution in [1.82, 2.24) is 19.8 Å². The third-order valence-electron chi connectivity index (χ3n) is 7.56. The standard InChI is InChI=1S/C29H33FN4O4S/c1-39(37,38)34-16-14-33(15-17-34)29(36)26(12-13-31-27-19-25(27)21-8-10-24(30)11-9-21)32-28(35)23-7-6-20-4-2-3-5-22(20)18-23/h2-11,18,25-27,31H,12-17,19H2,1H3,(H,32,35)/t25-,26-,27+/m0/s1. The zero-order valence-corrected chi connectivity index (χ0v) is 22.7. The van der Waals surface area contributed by atoms with E-state index in [9.17, 15) is 22.4 Å². The lowest BCUT2D eigenvalue weighted by atomic mass is 10.1. The lowest BCUT2D eigenvalue weighted by Crippen LogP contribution is -2.56. The number of carbonyl (C=O) groups is 2. The molecule has 206 valence electrons. The molecule has 0 aromatic heterocycles. The molecule has 0 unspecified atom stereocenters. The summed E-state index contributed by atoms with van der Waals surface area (Å²) in [5.41, 5.74) is 1.55.